The molecule has 0 radical (unpaired) electrons. The van der Waals surface area contributed by atoms with Gasteiger partial charge in [0.15, 0.2) is 0 Å². The second-order valence-electron chi connectivity index (χ2n) is 4.91. The number of thiophene rings is 1. The Morgan fingerprint density at radius 3 is 2.76 bits per heavy atom. The van der Waals surface area contributed by atoms with E-state index in [0.717, 1.165) is 30.9 Å². The van der Waals surface area contributed by atoms with Crippen molar-refractivity contribution < 1.29 is 0 Å². The summed E-state index contributed by atoms with van der Waals surface area (Å²) < 4.78 is 1.92. The number of aryl methyl sites for hydroxylation is 1. The molecule has 21 heavy (non-hydrogen) atoms. The summed E-state index contributed by atoms with van der Waals surface area (Å²) in [5, 5.41) is 10.2. The van der Waals surface area contributed by atoms with Gasteiger partial charge in [0.2, 0.25) is 0 Å². The van der Waals surface area contributed by atoms with E-state index in [0.29, 0.717) is 0 Å². The maximum atomic E-state index is 4.60. The van der Waals surface area contributed by atoms with Gasteiger partial charge in [0.05, 0.1) is 11.4 Å². The van der Waals surface area contributed by atoms with Crippen LogP contribution in [-0.4, -0.2) is 9.78 Å². The maximum Gasteiger partial charge on any atom is 0.0766 e. The third-order valence-corrected chi connectivity index (χ3v) is 4.44. The van der Waals surface area contributed by atoms with Crippen LogP contribution in [0.5, 0.6) is 0 Å². The van der Waals surface area contributed by atoms with E-state index in [9.17, 15) is 0 Å². The molecule has 0 saturated heterocycles. The van der Waals surface area contributed by atoms with Gasteiger partial charge in [-0.1, -0.05) is 25.1 Å². The van der Waals surface area contributed by atoms with Gasteiger partial charge in [0.25, 0.3) is 0 Å². The third kappa shape index (κ3) is 3.40. The molecule has 0 atom stereocenters. The lowest BCUT2D eigenvalue weighted by atomic mass is 10.2. The minimum atomic E-state index is 0.793. The molecule has 2 heterocycles. The molecule has 4 heteroatoms. The minimum absolute atomic E-state index is 0.793. The lowest BCUT2D eigenvalue weighted by Crippen LogP contribution is -2.13. The number of aromatic nitrogens is 2. The molecule has 3 nitrogen and oxygen atoms in total. The number of nitrogens with one attached hydrogen (secondary N) is 1. The van der Waals surface area contributed by atoms with Crippen molar-refractivity contribution in [1.82, 2.24) is 15.1 Å². The Kier molecular flexibility index (Phi) is 4.48. The smallest absolute Gasteiger partial charge is 0.0766 e. The fourth-order valence-corrected chi connectivity index (χ4v) is 3.27. The molecule has 3 rings (SSSR count). The van der Waals surface area contributed by atoms with Gasteiger partial charge in [0, 0.05) is 24.2 Å². The average molecular weight is 297 g/mol. The molecule has 0 spiro atoms. The Morgan fingerprint density at radius 1 is 1.10 bits per heavy atom. The molecule has 0 aliphatic rings. The average Bonchev–Trinajstić information content (AvgIpc) is 3.17. The van der Waals surface area contributed by atoms with Crippen molar-refractivity contribution in [3.05, 3.63) is 70.2 Å². The molecule has 0 amide bonds. The maximum absolute atomic E-state index is 4.60. The van der Waals surface area contributed by atoms with E-state index in [2.05, 4.69) is 47.0 Å². The van der Waals surface area contributed by atoms with E-state index < -0.39 is 0 Å². The van der Waals surface area contributed by atoms with Crippen LogP contribution in [0.1, 0.15) is 23.1 Å². The van der Waals surface area contributed by atoms with E-state index in [1.807, 2.05) is 40.4 Å². The summed E-state index contributed by atoms with van der Waals surface area (Å²) in [6, 6.07) is 14.5. The summed E-state index contributed by atoms with van der Waals surface area (Å²) >= 11 is 1.82. The Bertz CT molecular complexity index is 685. The standard InChI is InChI=1S/C17H19N3S/c1-2-14-9-11-21-17(14)13-18-12-15-8-10-20(19-15)16-6-4-3-5-7-16/h3-11,18H,2,12-13H2,1H3. The Labute approximate surface area is 129 Å². The first-order valence-electron chi connectivity index (χ1n) is 7.22. The quantitative estimate of drug-likeness (QED) is 0.750. The number of benzene rings is 1. The zero-order chi connectivity index (χ0) is 14.5. The molecule has 0 unspecified atom stereocenters. The van der Waals surface area contributed by atoms with Crippen LogP contribution in [0.15, 0.2) is 54.0 Å². The second-order valence-corrected chi connectivity index (χ2v) is 5.91. The van der Waals surface area contributed by atoms with E-state index in [1.54, 1.807) is 0 Å². The number of para-hydroxylation sites is 1. The van der Waals surface area contributed by atoms with Crippen LogP contribution in [0.25, 0.3) is 5.69 Å². The minimum Gasteiger partial charge on any atom is -0.306 e. The van der Waals surface area contributed by atoms with Crippen molar-refractivity contribution in [1.29, 1.82) is 0 Å². The van der Waals surface area contributed by atoms with Crippen LogP contribution < -0.4 is 5.32 Å². The van der Waals surface area contributed by atoms with Gasteiger partial charge in [0.1, 0.15) is 0 Å². The number of hydrogen-bond donors (Lipinski definition) is 1. The number of nitrogens with zero attached hydrogens (tertiary/aromatic N) is 2. The summed E-state index contributed by atoms with van der Waals surface area (Å²) in [6.07, 6.45) is 3.11. The predicted molar refractivity (Wildman–Crippen MR) is 87.8 cm³/mol. The molecule has 3 aromatic rings. The van der Waals surface area contributed by atoms with Gasteiger partial charge < -0.3 is 5.32 Å². The summed E-state index contributed by atoms with van der Waals surface area (Å²) in [6.45, 7) is 3.91. The van der Waals surface area contributed by atoms with Crippen LogP contribution in [0.4, 0.5) is 0 Å². The summed E-state index contributed by atoms with van der Waals surface area (Å²) in [7, 11) is 0. The zero-order valence-corrected chi connectivity index (χ0v) is 12.9. The predicted octanol–water partition coefficient (Wildman–Crippen LogP) is 3.79. The molecule has 0 bridgehead atoms. The molecular weight excluding hydrogens is 278 g/mol. The van der Waals surface area contributed by atoms with Crippen LogP contribution in [-0.2, 0) is 19.5 Å². The molecule has 0 saturated carbocycles. The van der Waals surface area contributed by atoms with Crippen LogP contribution in [0.3, 0.4) is 0 Å². The zero-order valence-electron chi connectivity index (χ0n) is 12.1. The van der Waals surface area contributed by atoms with Gasteiger partial charge in [-0.15, -0.1) is 11.3 Å². The monoisotopic (exact) mass is 297 g/mol. The van der Waals surface area contributed by atoms with E-state index in [4.69, 9.17) is 0 Å². The van der Waals surface area contributed by atoms with Crippen LogP contribution >= 0.6 is 11.3 Å². The summed E-state index contributed by atoms with van der Waals surface area (Å²) in [4.78, 5) is 1.43. The summed E-state index contributed by atoms with van der Waals surface area (Å²) in [5.41, 5.74) is 3.60. The second kappa shape index (κ2) is 6.70. The number of hydrogen-bond acceptors (Lipinski definition) is 3. The van der Waals surface area contributed by atoms with Crippen LogP contribution in [0.2, 0.25) is 0 Å². The molecular formula is C17H19N3S. The lowest BCUT2D eigenvalue weighted by Gasteiger charge is -2.03. The van der Waals surface area contributed by atoms with Gasteiger partial charge in [-0.25, -0.2) is 4.68 Å². The van der Waals surface area contributed by atoms with Crippen molar-refractivity contribution in [2.75, 3.05) is 0 Å². The Morgan fingerprint density at radius 2 is 1.95 bits per heavy atom. The SMILES string of the molecule is CCc1ccsc1CNCc1ccn(-c2ccccc2)n1. The highest BCUT2D eigenvalue weighted by Gasteiger charge is 2.04. The highest BCUT2D eigenvalue weighted by Crippen LogP contribution is 2.17. The Balaban J connectivity index is 1.58. The van der Waals surface area contributed by atoms with Crippen molar-refractivity contribution >= 4 is 11.3 Å². The highest BCUT2D eigenvalue weighted by atomic mass is 32.1. The van der Waals surface area contributed by atoms with E-state index in [1.165, 1.54) is 10.4 Å². The van der Waals surface area contributed by atoms with Gasteiger partial charge >= 0.3 is 0 Å². The van der Waals surface area contributed by atoms with Crippen molar-refractivity contribution in [3.8, 4) is 5.69 Å². The first-order valence-corrected chi connectivity index (χ1v) is 8.10. The fourth-order valence-electron chi connectivity index (χ4n) is 2.32. The molecule has 1 aromatic carbocycles. The number of rotatable bonds is 6. The molecule has 0 aliphatic carbocycles. The molecule has 2 aromatic heterocycles. The molecule has 1 N–H and O–H groups in total. The van der Waals surface area contributed by atoms with E-state index in [-0.39, 0.29) is 0 Å². The first kappa shape index (κ1) is 14.0. The van der Waals surface area contributed by atoms with Gasteiger partial charge in [-0.2, -0.15) is 5.10 Å². The Hall–Kier alpha value is -1.91. The summed E-state index contributed by atoms with van der Waals surface area (Å²) in [5.74, 6) is 0. The first-order chi connectivity index (χ1) is 10.4. The highest BCUT2D eigenvalue weighted by molar-refractivity contribution is 7.10. The molecule has 0 fully saturated rings. The fraction of sp³-hybridized carbons (Fsp3) is 0.235. The van der Waals surface area contributed by atoms with Gasteiger partial charge in [-0.3, -0.25) is 0 Å². The van der Waals surface area contributed by atoms with Crippen molar-refractivity contribution in [3.63, 3.8) is 0 Å². The largest absolute Gasteiger partial charge is 0.306 e. The third-order valence-electron chi connectivity index (χ3n) is 3.48. The van der Waals surface area contributed by atoms with Gasteiger partial charge in [-0.05, 0) is 41.6 Å². The van der Waals surface area contributed by atoms with E-state index >= 15 is 0 Å². The van der Waals surface area contributed by atoms with Crippen molar-refractivity contribution in [2.24, 2.45) is 0 Å². The lowest BCUT2D eigenvalue weighted by molar-refractivity contribution is 0.672. The normalized spacial score (nSPS) is 10.9. The van der Waals surface area contributed by atoms with Crippen molar-refractivity contribution in [2.45, 2.75) is 26.4 Å². The van der Waals surface area contributed by atoms with Crippen LogP contribution in [0, 0.1) is 0 Å². The molecule has 108 valence electrons. The topological polar surface area (TPSA) is 29.9 Å². The molecule has 0 aliphatic heterocycles.